The molecule has 3 heteroatoms. The number of allylic oxidation sites excluding steroid dienone is 2. The molecule has 0 aromatic carbocycles. The molecule has 10 atom stereocenters. The Morgan fingerprint density at radius 1 is 0.848 bits per heavy atom. The van der Waals surface area contributed by atoms with Crippen LogP contribution < -0.4 is 0 Å². The highest BCUT2D eigenvalue weighted by atomic mass is 16.3. The first-order chi connectivity index (χ1) is 15.2. The Balaban J connectivity index is 1.59. The van der Waals surface area contributed by atoms with E-state index in [2.05, 4.69) is 47.6 Å². The Labute approximate surface area is 202 Å². The van der Waals surface area contributed by atoms with Crippen LogP contribution in [-0.2, 0) is 0 Å². The second-order valence-corrected chi connectivity index (χ2v) is 15.2. The van der Waals surface area contributed by atoms with Gasteiger partial charge >= 0.3 is 0 Å². The monoisotopic (exact) mass is 458 g/mol. The fourth-order valence-electron chi connectivity index (χ4n) is 10.7. The zero-order valence-corrected chi connectivity index (χ0v) is 22.4. The van der Waals surface area contributed by atoms with Crippen molar-refractivity contribution in [2.24, 2.45) is 50.2 Å². The SMILES string of the molecule is CC1(C)CC[C@]2(C)CC[C@]3(C)C(=CC[C@@H]4[C@@]5(C)C[C@@H](O)[C@H](O)[C@@](C)(CO)[C@@H]5CC[C@]43C)[C@@H]2C1. The molecule has 0 heterocycles. The minimum absolute atomic E-state index is 0.0528. The summed E-state index contributed by atoms with van der Waals surface area (Å²) in [5.41, 5.74) is 2.36. The lowest BCUT2D eigenvalue weighted by molar-refractivity contribution is -0.243. The van der Waals surface area contributed by atoms with Crippen molar-refractivity contribution in [2.45, 2.75) is 118 Å². The van der Waals surface area contributed by atoms with Crippen molar-refractivity contribution in [1.82, 2.24) is 0 Å². The molecule has 33 heavy (non-hydrogen) atoms. The minimum Gasteiger partial charge on any atom is -0.396 e. The smallest absolute Gasteiger partial charge is 0.0877 e. The molecule has 0 saturated heterocycles. The van der Waals surface area contributed by atoms with Gasteiger partial charge in [-0.1, -0.05) is 60.1 Å². The maximum atomic E-state index is 11.0. The maximum absolute atomic E-state index is 11.0. The van der Waals surface area contributed by atoms with E-state index in [0.717, 1.165) is 19.3 Å². The molecule has 5 aliphatic carbocycles. The molecule has 0 aromatic heterocycles. The van der Waals surface area contributed by atoms with Gasteiger partial charge in [0.1, 0.15) is 0 Å². The van der Waals surface area contributed by atoms with E-state index >= 15 is 0 Å². The van der Waals surface area contributed by atoms with Crippen molar-refractivity contribution >= 4 is 0 Å². The normalized spacial score (nSPS) is 57.8. The van der Waals surface area contributed by atoms with Crippen molar-refractivity contribution in [3.05, 3.63) is 11.6 Å². The quantitative estimate of drug-likeness (QED) is 0.415. The molecule has 0 unspecified atom stereocenters. The summed E-state index contributed by atoms with van der Waals surface area (Å²) >= 11 is 0. The van der Waals surface area contributed by atoms with E-state index in [-0.39, 0.29) is 28.8 Å². The summed E-state index contributed by atoms with van der Waals surface area (Å²) in [6.07, 6.45) is 11.7. The van der Waals surface area contributed by atoms with Gasteiger partial charge in [0.05, 0.1) is 18.8 Å². The highest BCUT2D eigenvalue weighted by molar-refractivity contribution is 5.33. The fraction of sp³-hybridized carbons (Fsp3) is 0.933. The van der Waals surface area contributed by atoms with E-state index in [1.807, 2.05) is 6.92 Å². The molecule has 0 aromatic rings. The van der Waals surface area contributed by atoms with Crippen molar-refractivity contribution < 1.29 is 15.3 Å². The third-order valence-corrected chi connectivity index (χ3v) is 13.2. The largest absolute Gasteiger partial charge is 0.396 e. The van der Waals surface area contributed by atoms with Crippen LogP contribution in [0.2, 0.25) is 0 Å². The lowest BCUT2D eigenvalue weighted by Crippen LogP contribution is -2.67. The Hall–Kier alpha value is -0.380. The number of aliphatic hydroxyl groups excluding tert-OH is 3. The van der Waals surface area contributed by atoms with Gasteiger partial charge in [0.15, 0.2) is 0 Å². The van der Waals surface area contributed by atoms with Gasteiger partial charge in [-0.25, -0.2) is 0 Å². The van der Waals surface area contributed by atoms with E-state index < -0.39 is 17.6 Å². The molecule has 3 nitrogen and oxygen atoms in total. The topological polar surface area (TPSA) is 60.7 Å². The van der Waals surface area contributed by atoms with Gasteiger partial charge in [0, 0.05) is 5.41 Å². The van der Waals surface area contributed by atoms with E-state index in [1.165, 1.54) is 32.1 Å². The van der Waals surface area contributed by atoms with Gasteiger partial charge in [0.25, 0.3) is 0 Å². The van der Waals surface area contributed by atoms with Crippen LogP contribution in [0.25, 0.3) is 0 Å². The van der Waals surface area contributed by atoms with Crippen LogP contribution in [0.1, 0.15) is 106 Å². The fourth-order valence-corrected chi connectivity index (χ4v) is 10.7. The average molecular weight is 459 g/mol. The lowest BCUT2D eigenvalue weighted by Gasteiger charge is -2.71. The zero-order chi connectivity index (χ0) is 24.2. The predicted octanol–water partition coefficient (Wildman–Crippen LogP) is 6.11. The molecular formula is C30H50O3. The van der Waals surface area contributed by atoms with Gasteiger partial charge in [0.2, 0.25) is 0 Å². The van der Waals surface area contributed by atoms with Gasteiger partial charge in [-0.15, -0.1) is 0 Å². The molecule has 3 N–H and O–H groups in total. The van der Waals surface area contributed by atoms with E-state index in [9.17, 15) is 15.3 Å². The average Bonchev–Trinajstić information content (AvgIpc) is 2.73. The van der Waals surface area contributed by atoms with Crippen LogP contribution in [0.3, 0.4) is 0 Å². The molecule has 5 aliphatic rings. The van der Waals surface area contributed by atoms with Crippen molar-refractivity contribution in [3.63, 3.8) is 0 Å². The summed E-state index contributed by atoms with van der Waals surface area (Å²) in [6, 6.07) is 0. The van der Waals surface area contributed by atoms with Crippen molar-refractivity contribution in [3.8, 4) is 0 Å². The van der Waals surface area contributed by atoms with E-state index in [0.29, 0.717) is 29.1 Å². The molecule has 4 fully saturated rings. The molecule has 188 valence electrons. The second kappa shape index (κ2) is 7.10. The molecule has 0 amide bonds. The van der Waals surface area contributed by atoms with Crippen LogP contribution in [0.4, 0.5) is 0 Å². The third kappa shape index (κ3) is 2.97. The van der Waals surface area contributed by atoms with Crippen molar-refractivity contribution in [2.75, 3.05) is 6.61 Å². The standard InChI is InChI=1S/C30H50O3/c1-25(2)12-13-26(3)14-15-29(6)19(20(26)16-25)8-9-23-27(4)17-21(32)24(33)28(5,18-31)22(27)10-11-30(23,29)7/h8,20-24,31-33H,9-18H2,1-7H3/t20-,21+,22+,23+,24-,26+,27-,28-,29+,30+/m0/s1. The van der Waals surface area contributed by atoms with Crippen molar-refractivity contribution in [1.29, 1.82) is 0 Å². The molecule has 0 spiro atoms. The molecule has 0 aliphatic heterocycles. The van der Waals surface area contributed by atoms with E-state index in [1.54, 1.807) is 5.57 Å². The van der Waals surface area contributed by atoms with Gasteiger partial charge in [-0.2, -0.15) is 0 Å². The first kappa shape index (κ1) is 24.3. The van der Waals surface area contributed by atoms with Crippen LogP contribution in [0.5, 0.6) is 0 Å². The first-order valence-corrected chi connectivity index (χ1v) is 13.8. The summed E-state index contributed by atoms with van der Waals surface area (Å²) < 4.78 is 0. The van der Waals surface area contributed by atoms with Crippen LogP contribution in [-0.4, -0.2) is 34.1 Å². The number of aliphatic hydroxyl groups is 3. The zero-order valence-electron chi connectivity index (χ0n) is 22.4. The highest BCUT2D eigenvalue weighted by Crippen LogP contribution is 2.75. The van der Waals surface area contributed by atoms with E-state index in [4.69, 9.17) is 0 Å². The Kier molecular flexibility index (Phi) is 5.23. The number of hydrogen-bond acceptors (Lipinski definition) is 3. The minimum atomic E-state index is -0.838. The highest BCUT2D eigenvalue weighted by Gasteiger charge is 2.69. The van der Waals surface area contributed by atoms with Gasteiger partial charge < -0.3 is 15.3 Å². The number of rotatable bonds is 1. The maximum Gasteiger partial charge on any atom is 0.0877 e. The predicted molar refractivity (Wildman–Crippen MR) is 134 cm³/mol. The summed E-state index contributed by atoms with van der Waals surface area (Å²) in [6.45, 7) is 17.1. The molecule has 4 saturated carbocycles. The summed E-state index contributed by atoms with van der Waals surface area (Å²) in [5.74, 6) is 1.42. The molecular weight excluding hydrogens is 408 g/mol. The summed E-state index contributed by atoms with van der Waals surface area (Å²) in [4.78, 5) is 0. The lowest BCUT2D eigenvalue weighted by atomic mass is 9.33. The second-order valence-electron chi connectivity index (χ2n) is 15.2. The molecule has 0 radical (unpaired) electrons. The summed E-state index contributed by atoms with van der Waals surface area (Å²) in [5, 5.41) is 32.3. The Bertz CT molecular complexity index is 847. The molecule has 0 bridgehead atoms. The first-order valence-electron chi connectivity index (χ1n) is 13.8. The van der Waals surface area contributed by atoms with Gasteiger partial charge in [-0.05, 0) is 103 Å². The van der Waals surface area contributed by atoms with Crippen LogP contribution >= 0.6 is 0 Å². The third-order valence-electron chi connectivity index (χ3n) is 13.2. The summed E-state index contributed by atoms with van der Waals surface area (Å²) in [7, 11) is 0. The number of fused-ring (bicyclic) bond motifs is 7. The number of hydrogen-bond donors (Lipinski definition) is 3. The van der Waals surface area contributed by atoms with Crippen LogP contribution in [0.15, 0.2) is 11.6 Å². The Morgan fingerprint density at radius 2 is 1.52 bits per heavy atom. The van der Waals surface area contributed by atoms with Crippen LogP contribution in [0, 0.1) is 50.2 Å². The molecule has 5 rings (SSSR count). The Morgan fingerprint density at radius 3 is 2.18 bits per heavy atom. The van der Waals surface area contributed by atoms with Gasteiger partial charge in [-0.3, -0.25) is 0 Å².